The van der Waals surface area contributed by atoms with Crippen LogP contribution in [-0.4, -0.2) is 25.0 Å². The molecule has 1 saturated carbocycles. The molecule has 0 atom stereocenters. The van der Waals surface area contributed by atoms with Crippen LogP contribution in [-0.2, 0) is 0 Å². The molecule has 0 radical (unpaired) electrons. The zero-order chi connectivity index (χ0) is 6.32. The van der Waals surface area contributed by atoms with E-state index in [-0.39, 0.29) is 0 Å². The largest absolute Gasteiger partial charge is 0.305 e. The van der Waals surface area contributed by atoms with E-state index in [1.54, 1.807) is 0 Å². The molecule has 1 saturated heterocycles. The Labute approximate surface area is 57.0 Å². The van der Waals surface area contributed by atoms with E-state index in [1.165, 1.54) is 38.8 Å². The third kappa shape index (κ3) is 0.787. The van der Waals surface area contributed by atoms with Gasteiger partial charge in [0.05, 0.1) is 0 Å². The lowest BCUT2D eigenvalue weighted by Gasteiger charge is -2.46. The zero-order valence-corrected chi connectivity index (χ0v) is 6.19. The van der Waals surface area contributed by atoms with Crippen LogP contribution in [0.2, 0.25) is 0 Å². The molecular weight excluding hydrogens is 110 g/mol. The fourth-order valence-corrected chi connectivity index (χ4v) is 2.54. The summed E-state index contributed by atoms with van der Waals surface area (Å²) in [7, 11) is 2.23. The van der Waals surface area contributed by atoms with Gasteiger partial charge in [-0.2, -0.15) is 0 Å². The first-order valence-corrected chi connectivity index (χ1v) is 3.99. The van der Waals surface area contributed by atoms with E-state index in [0.29, 0.717) is 0 Å². The molecule has 1 aliphatic carbocycles. The third-order valence-electron chi connectivity index (χ3n) is 2.87. The molecule has 0 bridgehead atoms. The monoisotopic (exact) mass is 125 g/mol. The molecule has 2 aliphatic rings. The molecule has 1 nitrogen and oxygen atoms in total. The van der Waals surface area contributed by atoms with Crippen molar-refractivity contribution in [2.45, 2.75) is 25.7 Å². The van der Waals surface area contributed by atoms with Gasteiger partial charge in [-0.3, -0.25) is 0 Å². The third-order valence-corrected chi connectivity index (χ3v) is 2.87. The molecule has 1 spiro atoms. The summed E-state index contributed by atoms with van der Waals surface area (Å²) in [5.41, 5.74) is 0.814. The van der Waals surface area contributed by atoms with E-state index < -0.39 is 0 Å². The fraction of sp³-hybridized carbons (Fsp3) is 1.00. The molecular formula is C8H15N. The first-order chi connectivity index (χ1) is 4.31. The van der Waals surface area contributed by atoms with E-state index in [9.17, 15) is 0 Å². The van der Waals surface area contributed by atoms with Crippen LogP contribution in [0.3, 0.4) is 0 Å². The normalized spacial score (nSPS) is 33.0. The Kier molecular flexibility index (Phi) is 1.10. The van der Waals surface area contributed by atoms with Crippen molar-refractivity contribution in [3.8, 4) is 0 Å². The molecule has 0 unspecified atom stereocenters. The Morgan fingerprint density at radius 3 is 2.11 bits per heavy atom. The maximum absolute atomic E-state index is 2.44. The minimum absolute atomic E-state index is 0.814. The van der Waals surface area contributed by atoms with E-state index in [1.807, 2.05) is 0 Å². The van der Waals surface area contributed by atoms with Crippen molar-refractivity contribution in [2.75, 3.05) is 20.1 Å². The average Bonchev–Trinajstić information content (AvgIpc) is 2.12. The van der Waals surface area contributed by atoms with Crippen LogP contribution in [0.5, 0.6) is 0 Å². The quantitative estimate of drug-likeness (QED) is 0.474. The van der Waals surface area contributed by atoms with Gasteiger partial charge >= 0.3 is 0 Å². The van der Waals surface area contributed by atoms with Gasteiger partial charge in [0.25, 0.3) is 0 Å². The highest BCUT2D eigenvalue weighted by molar-refractivity contribution is 4.96. The predicted octanol–water partition coefficient (Wildman–Crippen LogP) is 1.49. The van der Waals surface area contributed by atoms with Crippen LogP contribution >= 0.6 is 0 Å². The molecule has 2 fully saturated rings. The van der Waals surface area contributed by atoms with Crippen molar-refractivity contribution in [1.29, 1.82) is 0 Å². The van der Waals surface area contributed by atoms with Gasteiger partial charge in [-0.15, -0.1) is 0 Å². The standard InChI is InChI=1S/C8H15N/c1-9-6-8(7-9)4-2-3-5-8/h2-7H2,1H3. The van der Waals surface area contributed by atoms with E-state index in [2.05, 4.69) is 11.9 Å². The maximum atomic E-state index is 2.44. The first kappa shape index (κ1) is 5.72. The highest BCUT2D eigenvalue weighted by Crippen LogP contribution is 2.44. The molecule has 52 valence electrons. The minimum Gasteiger partial charge on any atom is -0.305 e. The number of nitrogens with zero attached hydrogens (tertiary/aromatic N) is 1. The van der Waals surface area contributed by atoms with Crippen LogP contribution in [0.25, 0.3) is 0 Å². The minimum atomic E-state index is 0.814. The average molecular weight is 125 g/mol. The van der Waals surface area contributed by atoms with Crippen molar-refractivity contribution < 1.29 is 0 Å². The van der Waals surface area contributed by atoms with E-state index in [0.717, 1.165) is 5.41 Å². The second-order valence-corrected chi connectivity index (χ2v) is 3.88. The van der Waals surface area contributed by atoms with Gasteiger partial charge in [0.15, 0.2) is 0 Å². The van der Waals surface area contributed by atoms with Crippen LogP contribution in [0, 0.1) is 5.41 Å². The first-order valence-electron chi connectivity index (χ1n) is 3.99. The van der Waals surface area contributed by atoms with E-state index in [4.69, 9.17) is 0 Å². The summed E-state index contributed by atoms with van der Waals surface area (Å²) in [6.45, 7) is 2.76. The Morgan fingerprint density at radius 2 is 1.67 bits per heavy atom. The molecule has 1 aliphatic heterocycles. The summed E-state index contributed by atoms with van der Waals surface area (Å²) in [6, 6.07) is 0. The lowest BCUT2D eigenvalue weighted by molar-refractivity contribution is 0.0289. The van der Waals surface area contributed by atoms with Gasteiger partial charge in [0.1, 0.15) is 0 Å². The van der Waals surface area contributed by atoms with Crippen molar-refractivity contribution in [3.63, 3.8) is 0 Å². The SMILES string of the molecule is CN1CC2(CCCC2)C1. The molecule has 0 amide bonds. The predicted molar refractivity (Wildman–Crippen MR) is 38.4 cm³/mol. The van der Waals surface area contributed by atoms with Crippen LogP contribution < -0.4 is 0 Å². The topological polar surface area (TPSA) is 3.24 Å². The summed E-state index contributed by atoms with van der Waals surface area (Å²) in [4.78, 5) is 2.44. The Morgan fingerprint density at radius 1 is 1.11 bits per heavy atom. The summed E-state index contributed by atoms with van der Waals surface area (Å²) >= 11 is 0. The maximum Gasteiger partial charge on any atom is 0.00474 e. The van der Waals surface area contributed by atoms with Crippen molar-refractivity contribution in [3.05, 3.63) is 0 Å². The van der Waals surface area contributed by atoms with Crippen molar-refractivity contribution >= 4 is 0 Å². The molecule has 0 N–H and O–H groups in total. The lowest BCUT2D eigenvalue weighted by atomic mass is 9.79. The van der Waals surface area contributed by atoms with E-state index >= 15 is 0 Å². The molecule has 2 rings (SSSR count). The molecule has 0 aromatic heterocycles. The Hall–Kier alpha value is -0.0400. The number of likely N-dealkylation sites (tertiary alicyclic amines) is 1. The molecule has 0 aromatic rings. The number of rotatable bonds is 0. The summed E-state index contributed by atoms with van der Waals surface area (Å²) in [5, 5.41) is 0. The highest BCUT2D eigenvalue weighted by Gasteiger charge is 2.42. The summed E-state index contributed by atoms with van der Waals surface area (Å²) < 4.78 is 0. The van der Waals surface area contributed by atoms with Gasteiger partial charge in [0.2, 0.25) is 0 Å². The Bertz CT molecular complexity index is 106. The lowest BCUT2D eigenvalue weighted by Crippen LogP contribution is -2.52. The molecule has 0 aromatic carbocycles. The summed E-state index contributed by atoms with van der Waals surface area (Å²) in [6.07, 6.45) is 6.01. The zero-order valence-electron chi connectivity index (χ0n) is 6.19. The van der Waals surface area contributed by atoms with Gasteiger partial charge < -0.3 is 4.90 Å². The van der Waals surface area contributed by atoms with Crippen LogP contribution in [0.4, 0.5) is 0 Å². The van der Waals surface area contributed by atoms with Gasteiger partial charge in [0, 0.05) is 13.1 Å². The summed E-state index contributed by atoms with van der Waals surface area (Å²) in [5.74, 6) is 0. The Balaban J connectivity index is 1.95. The molecule has 1 heterocycles. The highest BCUT2D eigenvalue weighted by atomic mass is 15.2. The second-order valence-electron chi connectivity index (χ2n) is 3.88. The van der Waals surface area contributed by atoms with Crippen LogP contribution in [0.15, 0.2) is 0 Å². The number of hydrogen-bond donors (Lipinski definition) is 0. The van der Waals surface area contributed by atoms with Gasteiger partial charge in [-0.05, 0) is 25.3 Å². The van der Waals surface area contributed by atoms with Crippen LogP contribution in [0.1, 0.15) is 25.7 Å². The second kappa shape index (κ2) is 1.72. The van der Waals surface area contributed by atoms with Gasteiger partial charge in [-0.25, -0.2) is 0 Å². The molecule has 1 heteroatoms. The molecule has 9 heavy (non-hydrogen) atoms. The van der Waals surface area contributed by atoms with Gasteiger partial charge in [-0.1, -0.05) is 12.8 Å². The number of hydrogen-bond acceptors (Lipinski definition) is 1. The van der Waals surface area contributed by atoms with Crippen molar-refractivity contribution in [1.82, 2.24) is 4.90 Å². The smallest absolute Gasteiger partial charge is 0.00474 e. The van der Waals surface area contributed by atoms with Crippen molar-refractivity contribution in [2.24, 2.45) is 5.41 Å². The fourth-order valence-electron chi connectivity index (χ4n) is 2.54.